The molecule has 0 saturated carbocycles. The molecule has 0 aliphatic rings. The Morgan fingerprint density at radius 2 is 2.05 bits per heavy atom. The molecule has 0 aromatic heterocycles. The highest BCUT2D eigenvalue weighted by Crippen LogP contribution is 2.18. The van der Waals surface area contributed by atoms with E-state index < -0.39 is 25.2 Å². The first-order chi connectivity index (χ1) is 10.2. The van der Waals surface area contributed by atoms with Gasteiger partial charge in [-0.1, -0.05) is 26.0 Å². The second kappa shape index (κ2) is 7.82. The molecule has 0 heterocycles. The number of benzene rings is 1. The van der Waals surface area contributed by atoms with Gasteiger partial charge in [0.05, 0.1) is 0 Å². The van der Waals surface area contributed by atoms with E-state index in [1.54, 1.807) is 26.0 Å². The van der Waals surface area contributed by atoms with Crippen LogP contribution in [0.3, 0.4) is 0 Å². The van der Waals surface area contributed by atoms with Gasteiger partial charge in [0.15, 0.2) is 6.61 Å². The molecule has 1 aromatic carbocycles. The van der Waals surface area contributed by atoms with Gasteiger partial charge in [-0.25, -0.2) is 0 Å². The maximum Gasteiger partial charge on any atom is 0.406 e. The van der Waals surface area contributed by atoms with Crippen molar-refractivity contribution >= 4 is 12.2 Å². The third kappa shape index (κ3) is 6.60. The molecule has 22 heavy (non-hydrogen) atoms. The Morgan fingerprint density at radius 1 is 1.36 bits per heavy atom. The minimum Gasteiger partial charge on any atom is -0.484 e. The van der Waals surface area contributed by atoms with Crippen molar-refractivity contribution in [2.75, 3.05) is 19.7 Å². The van der Waals surface area contributed by atoms with E-state index in [9.17, 15) is 22.8 Å². The number of halogens is 3. The van der Waals surface area contributed by atoms with Crippen LogP contribution < -0.4 is 4.74 Å². The Kier molecular flexibility index (Phi) is 6.39. The minimum atomic E-state index is -4.46. The van der Waals surface area contributed by atoms with Gasteiger partial charge in [-0.3, -0.25) is 9.59 Å². The number of carbonyl (C=O) groups excluding carboxylic acids is 2. The highest BCUT2D eigenvalue weighted by Gasteiger charge is 2.33. The molecular weight excluding hydrogens is 299 g/mol. The van der Waals surface area contributed by atoms with E-state index in [2.05, 4.69) is 0 Å². The average molecular weight is 317 g/mol. The summed E-state index contributed by atoms with van der Waals surface area (Å²) in [5, 5.41) is 0. The Labute approximate surface area is 126 Å². The summed E-state index contributed by atoms with van der Waals surface area (Å²) in [5.74, 6) is -0.582. The van der Waals surface area contributed by atoms with Crippen LogP contribution in [0, 0.1) is 5.92 Å². The van der Waals surface area contributed by atoms with Crippen LogP contribution in [0.2, 0.25) is 0 Å². The van der Waals surface area contributed by atoms with Crippen LogP contribution in [0.25, 0.3) is 0 Å². The van der Waals surface area contributed by atoms with Gasteiger partial charge in [0.1, 0.15) is 18.6 Å². The maximum atomic E-state index is 12.5. The topological polar surface area (TPSA) is 46.6 Å². The molecule has 1 rings (SSSR count). The monoisotopic (exact) mass is 317 g/mol. The largest absolute Gasteiger partial charge is 0.484 e. The summed E-state index contributed by atoms with van der Waals surface area (Å²) in [7, 11) is 0. The zero-order valence-corrected chi connectivity index (χ0v) is 12.4. The number of amides is 1. The molecule has 0 fully saturated rings. The van der Waals surface area contributed by atoms with Crippen molar-refractivity contribution in [3.63, 3.8) is 0 Å². The van der Waals surface area contributed by atoms with Crippen LogP contribution in [0.4, 0.5) is 13.2 Å². The van der Waals surface area contributed by atoms with E-state index in [-0.39, 0.29) is 18.2 Å². The van der Waals surface area contributed by atoms with Crippen LogP contribution in [-0.4, -0.2) is 43.0 Å². The molecule has 0 aliphatic carbocycles. The first-order valence-electron chi connectivity index (χ1n) is 6.74. The highest BCUT2D eigenvalue weighted by atomic mass is 19.4. The molecule has 1 aromatic rings. The van der Waals surface area contributed by atoms with Crippen LogP contribution >= 0.6 is 0 Å². The molecular formula is C15H18F3NO3. The number of rotatable bonds is 7. The zero-order chi connectivity index (χ0) is 16.8. The quantitative estimate of drug-likeness (QED) is 0.727. The first kappa shape index (κ1) is 18.0. The molecule has 7 heteroatoms. The van der Waals surface area contributed by atoms with Gasteiger partial charge >= 0.3 is 6.18 Å². The van der Waals surface area contributed by atoms with Gasteiger partial charge in [0, 0.05) is 12.1 Å². The van der Waals surface area contributed by atoms with Crippen LogP contribution in [0.15, 0.2) is 24.3 Å². The van der Waals surface area contributed by atoms with Crippen molar-refractivity contribution in [2.45, 2.75) is 20.0 Å². The van der Waals surface area contributed by atoms with Crippen molar-refractivity contribution in [3.8, 4) is 5.75 Å². The smallest absolute Gasteiger partial charge is 0.406 e. The normalized spacial score (nSPS) is 11.4. The van der Waals surface area contributed by atoms with E-state index >= 15 is 0 Å². The van der Waals surface area contributed by atoms with Crippen LogP contribution in [0.1, 0.15) is 24.2 Å². The summed E-state index contributed by atoms with van der Waals surface area (Å²) in [5.41, 5.74) is 0.360. The van der Waals surface area contributed by atoms with Gasteiger partial charge in [0.2, 0.25) is 0 Å². The Balaban J connectivity index is 2.67. The summed E-state index contributed by atoms with van der Waals surface area (Å²) >= 11 is 0. The lowest BCUT2D eigenvalue weighted by Crippen LogP contribution is -2.43. The summed E-state index contributed by atoms with van der Waals surface area (Å²) in [6.07, 6.45) is -3.84. The predicted molar refractivity (Wildman–Crippen MR) is 74.8 cm³/mol. The predicted octanol–water partition coefficient (Wildman–Crippen LogP) is 2.92. The zero-order valence-electron chi connectivity index (χ0n) is 12.4. The molecule has 0 atom stereocenters. The lowest BCUT2D eigenvalue weighted by atomic mass is 10.2. The SMILES string of the molecule is CC(C)CN(CC(F)(F)F)C(=O)COc1cccc(C=O)c1. The van der Waals surface area contributed by atoms with Crippen LogP contribution in [-0.2, 0) is 4.79 Å². The molecule has 0 saturated heterocycles. The molecule has 0 N–H and O–H groups in total. The van der Waals surface area contributed by atoms with Crippen molar-refractivity contribution in [2.24, 2.45) is 5.92 Å². The van der Waals surface area contributed by atoms with Crippen molar-refractivity contribution in [1.29, 1.82) is 0 Å². The third-order valence-electron chi connectivity index (χ3n) is 2.66. The van der Waals surface area contributed by atoms with Crippen molar-refractivity contribution in [1.82, 2.24) is 4.90 Å². The number of carbonyl (C=O) groups is 2. The fourth-order valence-corrected chi connectivity index (χ4v) is 1.83. The fourth-order valence-electron chi connectivity index (χ4n) is 1.83. The third-order valence-corrected chi connectivity index (χ3v) is 2.66. The molecule has 0 aliphatic heterocycles. The van der Waals surface area contributed by atoms with Gasteiger partial charge in [0.25, 0.3) is 5.91 Å². The number of nitrogens with zero attached hydrogens (tertiary/aromatic N) is 1. The number of ether oxygens (including phenoxy) is 1. The van der Waals surface area contributed by atoms with E-state index in [1.165, 1.54) is 12.1 Å². The summed E-state index contributed by atoms with van der Waals surface area (Å²) < 4.78 is 42.7. The minimum absolute atomic E-state index is 0.00389. The molecule has 0 radical (unpaired) electrons. The molecule has 0 bridgehead atoms. The lowest BCUT2D eigenvalue weighted by Gasteiger charge is -2.25. The Bertz CT molecular complexity index is 515. The maximum absolute atomic E-state index is 12.5. The standard InChI is InChI=1S/C15H18F3NO3/c1-11(2)7-19(10-15(16,17)18)14(21)9-22-13-5-3-4-12(6-13)8-20/h3-6,8,11H,7,9-10H2,1-2H3. The summed E-state index contributed by atoms with van der Waals surface area (Å²) in [6, 6.07) is 6.05. The number of aldehydes is 1. The van der Waals surface area contributed by atoms with Gasteiger partial charge in [-0.15, -0.1) is 0 Å². The second-order valence-corrected chi connectivity index (χ2v) is 5.26. The molecule has 1 amide bonds. The second-order valence-electron chi connectivity index (χ2n) is 5.26. The molecule has 0 unspecified atom stereocenters. The highest BCUT2D eigenvalue weighted by molar-refractivity contribution is 5.78. The average Bonchev–Trinajstić information content (AvgIpc) is 2.42. The van der Waals surface area contributed by atoms with E-state index in [4.69, 9.17) is 4.74 Å². The van der Waals surface area contributed by atoms with E-state index in [1.807, 2.05) is 0 Å². The number of hydrogen-bond donors (Lipinski definition) is 0. The summed E-state index contributed by atoms with van der Waals surface area (Å²) in [4.78, 5) is 23.3. The molecule has 122 valence electrons. The van der Waals surface area contributed by atoms with Crippen LogP contribution in [0.5, 0.6) is 5.75 Å². The van der Waals surface area contributed by atoms with Gasteiger partial charge in [-0.05, 0) is 18.1 Å². The van der Waals surface area contributed by atoms with Gasteiger partial charge in [-0.2, -0.15) is 13.2 Å². The fraction of sp³-hybridized carbons (Fsp3) is 0.467. The number of alkyl halides is 3. The number of hydrogen-bond acceptors (Lipinski definition) is 3. The Hall–Kier alpha value is -2.05. The molecule has 4 nitrogen and oxygen atoms in total. The molecule has 0 spiro atoms. The lowest BCUT2D eigenvalue weighted by molar-refractivity contribution is -0.163. The van der Waals surface area contributed by atoms with Crippen molar-refractivity contribution < 1.29 is 27.5 Å². The van der Waals surface area contributed by atoms with Gasteiger partial charge < -0.3 is 9.64 Å². The first-order valence-corrected chi connectivity index (χ1v) is 6.74. The van der Waals surface area contributed by atoms with Crippen molar-refractivity contribution in [3.05, 3.63) is 29.8 Å². The summed E-state index contributed by atoms with van der Waals surface area (Å²) in [6.45, 7) is 1.64. The Morgan fingerprint density at radius 3 is 2.59 bits per heavy atom. The van der Waals surface area contributed by atoms with E-state index in [0.717, 1.165) is 4.90 Å². The van der Waals surface area contributed by atoms with E-state index in [0.29, 0.717) is 11.8 Å².